The summed E-state index contributed by atoms with van der Waals surface area (Å²) in [5.74, 6) is -3.33. The molecular formula is C7H15NO. The molecule has 0 aromatic carbocycles. The molecular weight excluding hydrogens is 114 g/mol. The van der Waals surface area contributed by atoms with Crippen molar-refractivity contribution in [2.45, 2.75) is 38.1 Å². The molecule has 0 radical (unpaired) electrons. The Hall–Kier alpha value is -0.0800. The summed E-state index contributed by atoms with van der Waals surface area (Å²) in [5, 5.41) is 9.89. The van der Waals surface area contributed by atoms with Gasteiger partial charge in [-0.1, -0.05) is 6.85 Å². The first-order chi connectivity index (χ1) is 7.63. The van der Waals surface area contributed by atoms with Crippen LogP contribution >= 0.6 is 0 Å². The van der Waals surface area contributed by atoms with Crippen LogP contribution in [0.1, 0.15) is 38.4 Å². The van der Waals surface area contributed by atoms with Crippen molar-refractivity contribution in [3.05, 3.63) is 0 Å². The van der Waals surface area contributed by atoms with Crippen LogP contribution in [0.3, 0.4) is 0 Å². The Morgan fingerprint density at radius 2 is 2.78 bits per heavy atom. The summed E-state index contributed by atoms with van der Waals surface area (Å²) < 4.78 is 67.1. The highest BCUT2D eigenvalue weighted by atomic mass is 16.3. The second-order valence-electron chi connectivity index (χ2n) is 1.86. The summed E-state index contributed by atoms with van der Waals surface area (Å²) in [5.41, 5.74) is 5.37. The lowest BCUT2D eigenvalue weighted by Crippen LogP contribution is -2.35. The van der Waals surface area contributed by atoms with Crippen molar-refractivity contribution >= 4 is 0 Å². The van der Waals surface area contributed by atoms with E-state index in [1.54, 1.807) is 0 Å². The number of aliphatic hydroxyl groups is 1. The maximum Gasteiger partial charge on any atom is 0.0604 e. The number of nitrogens with two attached hydrogens (primary N) is 1. The normalized spacial score (nSPS) is 88.7. The molecule has 54 valence electrons. The molecule has 0 heterocycles. The predicted octanol–water partition coefficient (Wildman–Crippen LogP) is 0.495. The molecule has 0 spiro atoms. The zero-order chi connectivity index (χ0) is 14.8. The molecule has 1 aliphatic carbocycles. The lowest BCUT2D eigenvalue weighted by atomic mass is 9.85. The Bertz CT molecular complexity index is 351. The van der Waals surface area contributed by atoms with Gasteiger partial charge in [0.05, 0.1) is 7.45 Å². The first-order valence-electron chi connectivity index (χ1n) is 7.11. The largest absolute Gasteiger partial charge is 0.393 e. The Kier molecular flexibility index (Phi) is 0.517. The van der Waals surface area contributed by atoms with E-state index in [1.165, 1.54) is 0 Å². The molecule has 0 aliphatic heterocycles. The van der Waals surface area contributed by atoms with Gasteiger partial charge in [0, 0.05) is 17.0 Å². The van der Waals surface area contributed by atoms with Crippen LogP contribution in [0.5, 0.6) is 0 Å². The zero-order valence-electron chi connectivity index (χ0n) is 13.8. The fourth-order valence-electron chi connectivity index (χ4n) is 0.595. The van der Waals surface area contributed by atoms with Crippen molar-refractivity contribution in [2.75, 3.05) is 0 Å². The van der Waals surface area contributed by atoms with Crippen molar-refractivity contribution in [3.63, 3.8) is 0 Å². The standard InChI is InChI=1S/C7H15NO/c1-5-2-3-6(8)4-7(5)9/h5-7,9H,2-4,8H2,1H3/t5?,6-,7-/m1/s1/i1D3,2D2,4D2,5D,7D. The van der Waals surface area contributed by atoms with Crippen molar-refractivity contribution in [1.82, 2.24) is 0 Å². The van der Waals surface area contributed by atoms with Gasteiger partial charge in [0.25, 0.3) is 0 Å². The number of hydrogen-bond acceptors (Lipinski definition) is 2. The third-order valence-corrected chi connectivity index (χ3v) is 1.06. The minimum Gasteiger partial charge on any atom is -0.393 e. The lowest BCUT2D eigenvalue weighted by molar-refractivity contribution is 0.0708. The molecule has 0 aromatic heterocycles. The summed E-state index contributed by atoms with van der Waals surface area (Å²) in [6, 6.07) is -1.57. The van der Waals surface area contributed by atoms with E-state index in [4.69, 9.17) is 18.1 Å². The van der Waals surface area contributed by atoms with Crippen LogP contribution in [-0.2, 0) is 0 Å². The van der Waals surface area contributed by atoms with E-state index in [1.807, 2.05) is 0 Å². The van der Waals surface area contributed by atoms with Crippen molar-refractivity contribution in [3.8, 4) is 0 Å². The summed E-state index contributed by atoms with van der Waals surface area (Å²) in [6.45, 7) is -3.37. The molecule has 0 bridgehead atoms. The Morgan fingerprint density at radius 1 is 2.00 bits per heavy atom. The maximum absolute atomic E-state index is 9.89. The van der Waals surface area contributed by atoms with Crippen LogP contribution in [0.4, 0.5) is 0 Å². The Morgan fingerprint density at radius 3 is 3.44 bits per heavy atom. The van der Waals surface area contributed by atoms with Crippen molar-refractivity contribution in [2.24, 2.45) is 11.6 Å². The third kappa shape index (κ3) is 1.66. The van der Waals surface area contributed by atoms with Gasteiger partial charge in [0.15, 0.2) is 0 Å². The van der Waals surface area contributed by atoms with Crippen LogP contribution in [0.25, 0.3) is 0 Å². The minimum absolute atomic E-state index is 0.761. The van der Waals surface area contributed by atoms with Gasteiger partial charge >= 0.3 is 0 Å². The fourth-order valence-corrected chi connectivity index (χ4v) is 0.595. The molecule has 9 heavy (non-hydrogen) atoms. The molecule has 1 rings (SSSR count). The number of rotatable bonds is 0. The van der Waals surface area contributed by atoms with Gasteiger partial charge in [-0.05, 0) is 25.1 Å². The molecule has 3 atom stereocenters. The molecule has 1 unspecified atom stereocenters. The second-order valence-corrected chi connectivity index (χ2v) is 1.86. The van der Waals surface area contributed by atoms with Gasteiger partial charge in [-0.2, -0.15) is 0 Å². The van der Waals surface area contributed by atoms with Gasteiger partial charge in [-0.3, -0.25) is 0 Å². The summed E-state index contributed by atoms with van der Waals surface area (Å²) in [4.78, 5) is 0. The first kappa shape index (κ1) is 1.74. The van der Waals surface area contributed by atoms with E-state index < -0.39 is 44.0 Å². The highest BCUT2D eigenvalue weighted by Gasteiger charge is 2.22. The van der Waals surface area contributed by atoms with Gasteiger partial charge in [-0.25, -0.2) is 0 Å². The van der Waals surface area contributed by atoms with Gasteiger partial charge in [0.2, 0.25) is 0 Å². The molecule has 0 aromatic rings. The third-order valence-electron chi connectivity index (χ3n) is 1.06. The van der Waals surface area contributed by atoms with Crippen LogP contribution in [-0.4, -0.2) is 17.2 Å². The topological polar surface area (TPSA) is 46.2 Å². The maximum atomic E-state index is 9.89. The fraction of sp³-hybridized carbons (Fsp3) is 1.00. The second kappa shape index (κ2) is 2.67. The SMILES string of the molecule is [2H]C([2H])([2H])C1([2H])C([2H])([2H])C[C@@H](N)C([2H])([2H])[C@@]1([2H])O. The monoisotopic (exact) mass is 138 g/mol. The van der Waals surface area contributed by atoms with Crippen molar-refractivity contribution in [1.29, 1.82) is 0 Å². The highest BCUT2D eigenvalue weighted by Crippen LogP contribution is 2.22. The molecule has 0 saturated heterocycles. The molecule has 1 fully saturated rings. The van der Waals surface area contributed by atoms with E-state index in [2.05, 4.69) is 0 Å². The van der Waals surface area contributed by atoms with Gasteiger partial charge < -0.3 is 10.8 Å². The predicted molar refractivity (Wildman–Crippen MR) is 37.0 cm³/mol. The lowest BCUT2D eigenvalue weighted by Gasteiger charge is -2.28. The molecule has 1 aliphatic rings. The average molecular weight is 138 g/mol. The molecule has 1 saturated carbocycles. The molecule has 3 N–H and O–H groups in total. The Labute approximate surface area is 68.7 Å². The van der Waals surface area contributed by atoms with Crippen LogP contribution in [0, 0.1) is 5.89 Å². The molecule has 0 amide bonds. The van der Waals surface area contributed by atoms with Crippen LogP contribution in [0.15, 0.2) is 0 Å². The van der Waals surface area contributed by atoms with E-state index >= 15 is 0 Å². The smallest absolute Gasteiger partial charge is 0.0604 e. The van der Waals surface area contributed by atoms with Gasteiger partial charge in [-0.15, -0.1) is 0 Å². The van der Waals surface area contributed by atoms with Crippen molar-refractivity contribution < 1.29 is 17.4 Å². The minimum atomic E-state index is -3.49. The quantitative estimate of drug-likeness (QED) is 0.512. The summed E-state index contributed by atoms with van der Waals surface area (Å²) >= 11 is 0. The zero-order valence-corrected chi connectivity index (χ0v) is 4.81. The Balaban J connectivity index is 3.55. The van der Waals surface area contributed by atoms with Gasteiger partial charge in [0.1, 0.15) is 0 Å². The van der Waals surface area contributed by atoms with E-state index in [0.29, 0.717) is 0 Å². The van der Waals surface area contributed by atoms with Crippen LogP contribution < -0.4 is 5.73 Å². The molecule has 2 heteroatoms. The van der Waals surface area contributed by atoms with E-state index in [-0.39, 0.29) is 0 Å². The van der Waals surface area contributed by atoms with E-state index in [9.17, 15) is 5.11 Å². The summed E-state index contributed by atoms with van der Waals surface area (Å²) in [6.07, 6.45) is -9.98. The summed E-state index contributed by atoms with van der Waals surface area (Å²) in [7, 11) is 0. The first-order valence-corrected chi connectivity index (χ1v) is 2.61. The van der Waals surface area contributed by atoms with E-state index in [0.717, 1.165) is 0 Å². The average Bonchev–Trinajstić information content (AvgIpc) is 2.11. The molecule has 2 nitrogen and oxygen atoms in total. The number of hydrogen-bond donors (Lipinski definition) is 2. The van der Waals surface area contributed by atoms with Crippen LogP contribution in [0.2, 0.25) is 0 Å². The highest BCUT2D eigenvalue weighted by molar-refractivity contribution is 4.78.